The number of benzene rings is 1. The molecule has 1 aromatic carbocycles. The van der Waals surface area contributed by atoms with Gasteiger partial charge in [-0.15, -0.1) is 11.6 Å². The number of hydrogen-bond acceptors (Lipinski definition) is 4. The Kier molecular flexibility index (Phi) is 4.81. The van der Waals surface area contributed by atoms with Gasteiger partial charge in [0.15, 0.2) is 0 Å². The van der Waals surface area contributed by atoms with Gasteiger partial charge in [-0.25, -0.2) is 9.78 Å². The van der Waals surface area contributed by atoms with Gasteiger partial charge in [0.2, 0.25) is 0 Å². The number of aryl methyl sites for hydroxylation is 1. The molecule has 0 aliphatic heterocycles. The van der Waals surface area contributed by atoms with Crippen LogP contribution in [0.3, 0.4) is 0 Å². The molecule has 6 heteroatoms. The zero-order chi connectivity index (χ0) is 15.4. The van der Waals surface area contributed by atoms with E-state index in [-0.39, 0.29) is 5.97 Å². The first-order valence-electron chi connectivity index (χ1n) is 6.76. The minimum Gasteiger partial charge on any atom is -0.464 e. The summed E-state index contributed by atoms with van der Waals surface area (Å²) in [7, 11) is 0. The van der Waals surface area contributed by atoms with Gasteiger partial charge in [0.25, 0.3) is 0 Å². The monoisotopic (exact) mass is 305 g/mol. The molecule has 1 unspecified atom stereocenters. The van der Waals surface area contributed by atoms with Crippen molar-refractivity contribution in [2.24, 2.45) is 0 Å². The molecule has 0 spiro atoms. The van der Waals surface area contributed by atoms with Crippen molar-refractivity contribution in [3.05, 3.63) is 29.6 Å². The Morgan fingerprint density at radius 1 is 1.57 bits per heavy atom. The average molecular weight is 306 g/mol. The molecule has 0 saturated heterocycles. The number of imidazole rings is 1. The maximum atomic E-state index is 12.0. The number of alkyl halides is 1. The fraction of sp³-hybridized carbons (Fsp3) is 0.400. The number of hydrogen-bond donors (Lipinski definition) is 0. The van der Waals surface area contributed by atoms with Crippen molar-refractivity contribution < 1.29 is 9.53 Å². The highest BCUT2D eigenvalue weighted by Crippen LogP contribution is 2.24. The quantitative estimate of drug-likeness (QED) is 0.629. The molecular formula is C15H16ClN3O2. The van der Waals surface area contributed by atoms with Gasteiger partial charge in [-0.2, -0.15) is 5.26 Å². The van der Waals surface area contributed by atoms with Gasteiger partial charge in [0.1, 0.15) is 11.9 Å². The van der Waals surface area contributed by atoms with E-state index < -0.39 is 6.04 Å². The molecule has 2 rings (SSSR count). The lowest BCUT2D eigenvalue weighted by atomic mass is 10.2. The highest BCUT2D eigenvalue weighted by molar-refractivity contribution is 6.17. The molecule has 0 bridgehead atoms. The summed E-state index contributed by atoms with van der Waals surface area (Å²) in [6.07, 6.45) is 0.544. The van der Waals surface area contributed by atoms with E-state index in [1.165, 1.54) is 0 Å². The van der Waals surface area contributed by atoms with Crippen LogP contribution in [0.4, 0.5) is 0 Å². The number of ether oxygens (including phenoxy) is 1. The smallest absolute Gasteiger partial charge is 0.328 e. The van der Waals surface area contributed by atoms with Gasteiger partial charge in [0.05, 0.1) is 29.3 Å². The fourth-order valence-electron chi connectivity index (χ4n) is 2.27. The Morgan fingerprint density at radius 2 is 2.33 bits per heavy atom. The number of nitrogens with zero attached hydrogens (tertiary/aromatic N) is 3. The van der Waals surface area contributed by atoms with Crippen LogP contribution >= 0.6 is 11.6 Å². The highest BCUT2D eigenvalue weighted by atomic mass is 35.5. The van der Waals surface area contributed by atoms with Crippen molar-refractivity contribution in [1.82, 2.24) is 9.55 Å². The van der Waals surface area contributed by atoms with Crippen LogP contribution in [-0.2, 0) is 16.0 Å². The van der Waals surface area contributed by atoms with Gasteiger partial charge in [-0.3, -0.25) is 0 Å². The summed E-state index contributed by atoms with van der Waals surface area (Å²) in [5.41, 5.74) is 2.01. The van der Waals surface area contributed by atoms with E-state index in [2.05, 4.69) is 11.1 Å². The molecule has 0 aliphatic carbocycles. The summed E-state index contributed by atoms with van der Waals surface area (Å²) in [4.78, 5) is 16.5. The van der Waals surface area contributed by atoms with Crippen LogP contribution in [0, 0.1) is 11.3 Å². The van der Waals surface area contributed by atoms with E-state index in [9.17, 15) is 4.79 Å². The topological polar surface area (TPSA) is 67.9 Å². The van der Waals surface area contributed by atoms with Crippen LogP contribution in [-0.4, -0.2) is 28.0 Å². The number of esters is 1. The maximum absolute atomic E-state index is 12.0. The molecular weight excluding hydrogens is 290 g/mol. The van der Waals surface area contributed by atoms with Crippen LogP contribution in [0.15, 0.2) is 18.2 Å². The molecule has 21 heavy (non-hydrogen) atoms. The van der Waals surface area contributed by atoms with Gasteiger partial charge in [-0.05, 0) is 32.0 Å². The lowest BCUT2D eigenvalue weighted by Crippen LogP contribution is -2.21. The van der Waals surface area contributed by atoms with E-state index in [0.717, 1.165) is 16.9 Å². The summed E-state index contributed by atoms with van der Waals surface area (Å²) in [6, 6.07) is 6.80. The molecule has 110 valence electrons. The second-order valence-corrected chi connectivity index (χ2v) is 4.96. The van der Waals surface area contributed by atoms with E-state index in [4.69, 9.17) is 21.6 Å². The van der Waals surface area contributed by atoms with Crippen LogP contribution < -0.4 is 0 Å². The van der Waals surface area contributed by atoms with Crippen LogP contribution in [0.25, 0.3) is 11.0 Å². The number of aromatic nitrogens is 2. The normalized spacial score (nSPS) is 12.1. The minimum atomic E-state index is -0.512. The first-order chi connectivity index (χ1) is 10.1. The predicted molar refractivity (Wildman–Crippen MR) is 80.2 cm³/mol. The Bertz CT molecular complexity index is 703. The SMILES string of the molecule is CCOC(=O)C(C)n1c(CCCl)nc2ccc(C#N)cc21. The number of rotatable bonds is 5. The van der Waals surface area contributed by atoms with Crippen LogP contribution in [0.1, 0.15) is 31.3 Å². The van der Waals surface area contributed by atoms with E-state index in [1.807, 2.05) is 0 Å². The number of carbonyl (C=O) groups excluding carboxylic acids is 1. The highest BCUT2D eigenvalue weighted by Gasteiger charge is 2.22. The summed E-state index contributed by atoms with van der Waals surface area (Å²) >= 11 is 5.82. The number of nitriles is 1. The Labute approximate surface area is 128 Å². The van der Waals surface area contributed by atoms with Gasteiger partial charge in [0, 0.05) is 12.3 Å². The lowest BCUT2D eigenvalue weighted by molar-refractivity contribution is -0.146. The molecule has 1 aromatic heterocycles. The van der Waals surface area contributed by atoms with Crippen LogP contribution in [0.5, 0.6) is 0 Å². The Balaban J connectivity index is 2.59. The molecule has 5 nitrogen and oxygen atoms in total. The second-order valence-electron chi connectivity index (χ2n) is 4.58. The predicted octanol–water partition coefficient (Wildman–Crippen LogP) is 2.81. The van der Waals surface area contributed by atoms with Gasteiger partial charge < -0.3 is 9.30 Å². The third kappa shape index (κ3) is 3.01. The van der Waals surface area contributed by atoms with Crippen molar-refractivity contribution in [2.45, 2.75) is 26.3 Å². The van der Waals surface area contributed by atoms with Crippen LogP contribution in [0.2, 0.25) is 0 Å². The fourth-order valence-corrected chi connectivity index (χ4v) is 2.44. The molecule has 1 atom stereocenters. The van der Waals surface area contributed by atoms with E-state index >= 15 is 0 Å². The van der Waals surface area contributed by atoms with Crippen molar-refractivity contribution >= 4 is 28.6 Å². The van der Waals surface area contributed by atoms with Crippen molar-refractivity contribution in [2.75, 3.05) is 12.5 Å². The second kappa shape index (κ2) is 6.59. The molecule has 0 fully saturated rings. The third-order valence-corrected chi connectivity index (χ3v) is 3.41. The third-order valence-electron chi connectivity index (χ3n) is 3.22. The summed E-state index contributed by atoms with van der Waals surface area (Å²) < 4.78 is 6.88. The van der Waals surface area contributed by atoms with Gasteiger partial charge in [-0.1, -0.05) is 0 Å². The number of carbonyl (C=O) groups is 1. The summed E-state index contributed by atoms with van der Waals surface area (Å²) in [5, 5.41) is 9.04. The molecule has 0 amide bonds. The summed E-state index contributed by atoms with van der Waals surface area (Å²) in [5.74, 6) is 0.801. The maximum Gasteiger partial charge on any atom is 0.328 e. The van der Waals surface area contributed by atoms with E-state index in [0.29, 0.717) is 24.5 Å². The van der Waals surface area contributed by atoms with Gasteiger partial charge >= 0.3 is 5.97 Å². The number of halogens is 1. The molecule has 2 aromatic rings. The zero-order valence-electron chi connectivity index (χ0n) is 12.0. The standard InChI is InChI=1S/C15H16ClN3O2/c1-3-21-15(20)10(2)19-13-8-11(9-17)4-5-12(13)18-14(19)6-7-16/h4-5,8,10H,3,6-7H2,1-2H3. The lowest BCUT2D eigenvalue weighted by Gasteiger charge is -2.16. The molecule has 0 aliphatic rings. The van der Waals surface area contributed by atoms with Crippen molar-refractivity contribution in [3.63, 3.8) is 0 Å². The molecule has 0 radical (unpaired) electrons. The van der Waals surface area contributed by atoms with Crippen molar-refractivity contribution in [3.8, 4) is 6.07 Å². The first kappa shape index (κ1) is 15.3. The molecule has 0 N–H and O–H groups in total. The molecule has 1 heterocycles. The minimum absolute atomic E-state index is 0.324. The first-order valence-corrected chi connectivity index (χ1v) is 7.29. The Hall–Kier alpha value is -2.06. The number of fused-ring (bicyclic) bond motifs is 1. The van der Waals surface area contributed by atoms with Crippen molar-refractivity contribution in [1.29, 1.82) is 5.26 Å². The molecule has 0 saturated carbocycles. The zero-order valence-corrected chi connectivity index (χ0v) is 12.7. The summed E-state index contributed by atoms with van der Waals surface area (Å²) in [6.45, 7) is 3.85. The van der Waals surface area contributed by atoms with E-state index in [1.54, 1.807) is 36.6 Å². The largest absolute Gasteiger partial charge is 0.464 e. The Morgan fingerprint density at radius 3 is 2.95 bits per heavy atom. The average Bonchev–Trinajstić information content (AvgIpc) is 2.84.